The van der Waals surface area contributed by atoms with Crippen molar-refractivity contribution in [1.29, 1.82) is 0 Å². The SMILES string of the molecule is Cc1ccc2c(c1)N[C@H](C(=O)Nc1ccc(C)c(F)c1)NS2(=O)=O. The topological polar surface area (TPSA) is 87.3 Å². The average molecular weight is 349 g/mol. The normalized spacial score (nSPS) is 18.4. The van der Waals surface area contributed by atoms with E-state index in [1.54, 1.807) is 25.1 Å². The summed E-state index contributed by atoms with van der Waals surface area (Å²) in [6.07, 6.45) is -1.19. The van der Waals surface area contributed by atoms with Crippen LogP contribution in [0.1, 0.15) is 11.1 Å². The Labute approximate surface area is 139 Å². The number of sulfonamides is 1. The van der Waals surface area contributed by atoms with E-state index >= 15 is 0 Å². The van der Waals surface area contributed by atoms with Crippen LogP contribution in [0, 0.1) is 19.7 Å². The zero-order valence-electron chi connectivity index (χ0n) is 13.1. The van der Waals surface area contributed by atoms with Crippen LogP contribution in [0.25, 0.3) is 0 Å². The predicted octanol–water partition coefficient (Wildman–Crippen LogP) is 2.11. The maximum absolute atomic E-state index is 13.6. The second-order valence-electron chi connectivity index (χ2n) is 5.65. The molecule has 0 saturated heterocycles. The predicted molar refractivity (Wildman–Crippen MR) is 88.7 cm³/mol. The van der Waals surface area contributed by atoms with Gasteiger partial charge in [0.05, 0.1) is 5.69 Å². The number of carbonyl (C=O) groups is 1. The molecule has 1 aliphatic heterocycles. The smallest absolute Gasteiger partial charge is 0.262 e. The number of fused-ring (bicyclic) bond motifs is 1. The maximum Gasteiger partial charge on any atom is 0.262 e. The fraction of sp³-hybridized carbons (Fsp3) is 0.188. The van der Waals surface area contributed by atoms with Crippen LogP contribution in [0.4, 0.5) is 15.8 Å². The van der Waals surface area contributed by atoms with Crippen LogP contribution in [-0.2, 0) is 14.8 Å². The number of benzene rings is 2. The first-order chi connectivity index (χ1) is 11.3. The molecule has 0 saturated carbocycles. The van der Waals surface area contributed by atoms with Crippen molar-refractivity contribution in [3.63, 3.8) is 0 Å². The van der Waals surface area contributed by atoms with E-state index < -0.39 is 27.9 Å². The average Bonchev–Trinajstić information content (AvgIpc) is 2.49. The molecule has 3 rings (SSSR count). The van der Waals surface area contributed by atoms with Gasteiger partial charge in [-0.2, -0.15) is 4.72 Å². The molecule has 2 aromatic carbocycles. The van der Waals surface area contributed by atoms with Gasteiger partial charge in [-0.1, -0.05) is 12.1 Å². The van der Waals surface area contributed by atoms with E-state index in [2.05, 4.69) is 15.4 Å². The largest absolute Gasteiger partial charge is 0.360 e. The van der Waals surface area contributed by atoms with E-state index in [0.717, 1.165) is 5.56 Å². The summed E-state index contributed by atoms with van der Waals surface area (Å²) in [5.41, 5.74) is 1.91. The van der Waals surface area contributed by atoms with Gasteiger partial charge >= 0.3 is 0 Å². The molecule has 2 aromatic rings. The molecule has 6 nitrogen and oxygen atoms in total. The highest BCUT2D eigenvalue weighted by atomic mass is 32.2. The minimum atomic E-state index is -3.81. The van der Waals surface area contributed by atoms with Crippen molar-refractivity contribution in [3.8, 4) is 0 Å². The number of amides is 1. The van der Waals surface area contributed by atoms with Gasteiger partial charge in [0.1, 0.15) is 10.7 Å². The summed E-state index contributed by atoms with van der Waals surface area (Å²) in [5, 5.41) is 5.34. The first-order valence-electron chi connectivity index (χ1n) is 7.23. The number of nitrogens with one attached hydrogen (secondary N) is 3. The summed E-state index contributed by atoms with van der Waals surface area (Å²) < 4.78 is 40.3. The zero-order chi connectivity index (χ0) is 17.5. The van der Waals surface area contributed by atoms with Crippen LogP contribution in [0.3, 0.4) is 0 Å². The molecule has 3 N–H and O–H groups in total. The molecule has 24 heavy (non-hydrogen) atoms. The molecule has 1 aliphatic rings. The van der Waals surface area contributed by atoms with Crippen LogP contribution in [0.5, 0.6) is 0 Å². The number of carbonyl (C=O) groups excluding carboxylic acids is 1. The first kappa shape index (κ1) is 16.4. The number of anilines is 2. The van der Waals surface area contributed by atoms with E-state index in [-0.39, 0.29) is 10.6 Å². The summed E-state index contributed by atoms with van der Waals surface area (Å²) in [6, 6.07) is 9.06. The van der Waals surface area contributed by atoms with Gasteiger partial charge in [-0.25, -0.2) is 12.8 Å². The molecule has 1 atom stereocenters. The molecular weight excluding hydrogens is 333 g/mol. The summed E-state index contributed by atoms with van der Waals surface area (Å²) in [4.78, 5) is 12.4. The molecule has 0 aliphatic carbocycles. The lowest BCUT2D eigenvalue weighted by Crippen LogP contribution is -2.51. The molecule has 0 fully saturated rings. The Morgan fingerprint density at radius 2 is 1.92 bits per heavy atom. The highest BCUT2D eigenvalue weighted by Crippen LogP contribution is 2.27. The molecule has 0 aromatic heterocycles. The van der Waals surface area contributed by atoms with Gasteiger partial charge in [0.25, 0.3) is 5.91 Å². The number of halogens is 1. The van der Waals surface area contributed by atoms with Crippen molar-refractivity contribution >= 4 is 27.3 Å². The molecule has 0 spiro atoms. The van der Waals surface area contributed by atoms with Crippen LogP contribution in [0.15, 0.2) is 41.3 Å². The molecular formula is C16H16FN3O3S. The summed E-state index contributed by atoms with van der Waals surface area (Å²) in [7, 11) is -3.81. The third-order valence-electron chi connectivity index (χ3n) is 3.70. The molecule has 1 amide bonds. The van der Waals surface area contributed by atoms with Crippen molar-refractivity contribution in [2.75, 3.05) is 10.6 Å². The number of rotatable bonds is 2. The summed E-state index contributed by atoms with van der Waals surface area (Å²) in [5.74, 6) is -1.08. The molecule has 126 valence electrons. The second kappa shape index (κ2) is 5.88. The molecule has 0 bridgehead atoms. The van der Waals surface area contributed by atoms with Gasteiger partial charge in [0, 0.05) is 5.69 Å². The van der Waals surface area contributed by atoms with Gasteiger partial charge in [0.15, 0.2) is 6.17 Å². The monoisotopic (exact) mass is 349 g/mol. The van der Waals surface area contributed by atoms with Crippen molar-refractivity contribution in [2.45, 2.75) is 24.9 Å². The van der Waals surface area contributed by atoms with Crippen molar-refractivity contribution in [1.82, 2.24) is 4.72 Å². The van der Waals surface area contributed by atoms with E-state index in [1.807, 2.05) is 6.92 Å². The first-order valence-corrected chi connectivity index (χ1v) is 8.71. The Morgan fingerprint density at radius 3 is 2.62 bits per heavy atom. The fourth-order valence-corrected chi connectivity index (χ4v) is 3.66. The van der Waals surface area contributed by atoms with Crippen molar-refractivity contribution < 1.29 is 17.6 Å². The third kappa shape index (κ3) is 3.10. The Morgan fingerprint density at radius 1 is 1.17 bits per heavy atom. The Hall–Kier alpha value is -2.45. The Bertz CT molecular complexity index is 928. The number of hydrogen-bond donors (Lipinski definition) is 3. The van der Waals surface area contributed by atoms with Crippen LogP contribution in [0.2, 0.25) is 0 Å². The fourth-order valence-electron chi connectivity index (χ4n) is 2.40. The highest BCUT2D eigenvalue weighted by molar-refractivity contribution is 7.89. The lowest BCUT2D eigenvalue weighted by molar-refractivity contribution is -0.117. The Kier molecular flexibility index (Phi) is 4.02. The quantitative estimate of drug-likeness (QED) is 0.775. The zero-order valence-corrected chi connectivity index (χ0v) is 13.9. The number of aryl methyl sites for hydroxylation is 2. The van der Waals surface area contributed by atoms with E-state index in [0.29, 0.717) is 11.3 Å². The lowest BCUT2D eigenvalue weighted by atomic mass is 10.2. The maximum atomic E-state index is 13.6. The van der Waals surface area contributed by atoms with Crippen molar-refractivity contribution in [2.24, 2.45) is 0 Å². The summed E-state index contributed by atoms with van der Waals surface area (Å²) in [6.45, 7) is 3.43. The highest BCUT2D eigenvalue weighted by Gasteiger charge is 2.33. The van der Waals surface area contributed by atoms with Crippen LogP contribution >= 0.6 is 0 Å². The Balaban J connectivity index is 1.85. The van der Waals surface area contributed by atoms with Crippen molar-refractivity contribution in [3.05, 3.63) is 53.3 Å². The third-order valence-corrected chi connectivity index (χ3v) is 5.18. The number of hydrogen-bond acceptors (Lipinski definition) is 4. The molecule has 0 unspecified atom stereocenters. The lowest BCUT2D eigenvalue weighted by Gasteiger charge is -2.27. The summed E-state index contributed by atoms with van der Waals surface area (Å²) >= 11 is 0. The molecule has 0 radical (unpaired) electrons. The van der Waals surface area contributed by atoms with Gasteiger partial charge in [-0.3, -0.25) is 4.79 Å². The van der Waals surface area contributed by atoms with Gasteiger partial charge in [0.2, 0.25) is 10.0 Å². The van der Waals surface area contributed by atoms with E-state index in [4.69, 9.17) is 0 Å². The molecule has 1 heterocycles. The standard InChI is InChI=1S/C16H16FN3O3S/c1-9-3-6-14-13(7-9)19-15(20-24(14,22)23)16(21)18-11-5-4-10(2)12(17)8-11/h3-8,15,19-20H,1-2H3,(H,18,21)/t15-/m0/s1. The van der Waals surface area contributed by atoms with E-state index in [1.165, 1.54) is 18.2 Å². The van der Waals surface area contributed by atoms with Gasteiger partial charge in [-0.05, 0) is 49.2 Å². The van der Waals surface area contributed by atoms with Crippen LogP contribution < -0.4 is 15.4 Å². The van der Waals surface area contributed by atoms with Gasteiger partial charge in [-0.15, -0.1) is 0 Å². The second-order valence-corrected chi connectivity index (χ2v) is 7.33. The van der Waals surface area contributed by atoms with E-state index in [9.17, 15) is 17.6 Å². The van der Waals surface area contributed by atoms with Crippen LogP contribution in [-0.4, -0.2) is 20.5 Å². The minimum absolute atomic E-state index is 0.0820. The molecule has 8 heteroatoms. The minimum Gasteiger partial charge on any atom is -0.360 e. The van der Waals surface area contributed by atoms with Gasteiger partial charge < -0.3 is 10.6 Å².